The summed E-state index contributed by atoms with van der Waals surface area (Å²) in [4.78, 5) is 19.2. The van der Waals surface area contributed by atoms with Crippen LogP contribution in [0, 0.1) is 0 Å². The van der Waals surface area contributed by atoms with Crippen molar-refractivity contribution in [3.63, 3.8) is 0 Å². The fourth-order valence-electron chi connectivity index (χ4n) is 4.70. The van der Waals surface area contributed by atoms with Crippen LogP contribution in [0.4, 0.5) is 11.4 Å². The molecule has 0 amide bonds. The number of fused-ring (bicyclic) bond motifs is 8. The molecule has 0 bridgehead atoms. The minimum absolute atomic E-state index is 0.506. The summed E-state index contributed by atoms with van der Waals surface area (Å²) in [5.74, 6) is 0. The number of benzene rings is 4. The van der Waals surface area contributed by atoms with E-state index in [0.717, 1.165) is 66.0 Å². The first kappa shape index (κ1) is 20.6. The lowest BCUT2D eigenvalue weighted by atomic mass is 10.1. The molecule has 3 aromatic heterocycles. The Hall–Kier alpha value is -4.75. The summed E-state index contributed by atoms with van der Waals surface area (Å²) in [6.45, 7) is 0. The van der Waals surface area contributed by atoms with E-state index in [0.29, 0.717) is 5.11 Å². The Labute approximate surface area is 211 Å². The van der Waals surface area contributed by atoms with Crippen LogP contribution in [0.15, 0.2) is 97.3 Å². The van der Waals surface area contributed by atoms with Gasteiger partial charge in [-0.1, -0.05) is 36.4 Å². The van der Waals surface area contributed by atoms with Gasteiger partial charge >= 0.3 is 0 Å². The van der Waals surface area contributed by atoms with Crippen LogP contribution in [0.5, 0.6) is 0 Å². The molecule has 0 aliphatic heterocycles. The van der Waals surface area contributed by atoms with E-state index in [1.807, 2.05) is 66.7 Å². The van der Waals surface area contributed by atoms with Crippen molar-refractivity contribution in [1.29, 1.82) is 0 Å². The van der Waals surface area contributed by atoms with Crippen molar-refractivity contribution in [2.45, 2.75) is 0 Å². The molecule has 2 N–H and O–H groups in total. The smallest absolute Gasteiger partial charge is 0.175 e. The highest BCUT2D eigenvalue weighted by atomic mass is 32.1. The largest absolute Gasteiger partial charge is 0.332 e. The normalized spacial score (nSPS) is 11.4. The molecule has 3 heterocycles. The Kier molecular flexibility index (Phi) is 4.68. The van der Waals surface area contributed by atoms with Gasteiger partial charge in [-0.2, -0.15) is 0 Å². The van der Waals surface area contributed by atoms with Crippen LogP contribution in [-0.4, -0.2) is 25.0 Å². The number of hydrogen-bond acceptors (Lipinski definition) is 5. The van der Waals surface area contributed by atoms with Crippen LogP contribution >= 0.6 is 12.2 Å². The zero-order chi connectivity index (χ0) is 24.1. The number of aromatic nitrogens is 4. The van der Waals surface area contributed by atoms with Gasteiger partial charge in [-0.05, 0) is 66.1 Å². The maximum Gasteiger partial charge on any atom is 0.175 e. The van der Waals surface area contributed by atoms with Crippen LogP contribution in [-0.2, 0) is 0 Å². The highest BCUT2D eigenvalue weighted by Gasteiger charge is 2.14. The number of rotatable bonds is 2. The molecule has 0 unspecified atom stereocenters. The first-order chi connectivity index (χ1) is 17.7. The highest BCUT2D eigenvalue weighted by molar-refractivity contribution is 7.80. The summed E-state index contributed by atoms with van der Waals surface area (Å²) in [6, 6.07) is 28.1. The lowest BCUT2D eigenvalue weighted by Crippen LogP contribution is -2.19. The SMILES string of the molecule is S=C(Nc1ccc2nc3c4cccnc4c4ncccc4c3nc2c1)Nc1cccc2ccccc12. The van der Waals surface area contributed by atoms with Gasteiger partial charge in [-0.3, -0.25) is 9.97 Å². The van der Waals surface area contributed by atoms with Gasteiger partial charge in [0.2, 0.25) is 0 Å². The van der Waals surface area contributed by atoms with Gasteiger partial charge in [0.05, 0.1) is 33.1 Å². The standard InChI is InChI=1S/C29H18N6S/c36-29(35-22-11-3-7-17-6-1-2-8-19(17)22)32-18-12-13-23-24(16-18)34-28-21-10-5-15-31-26(21)25-20(27(28)33-23)9-4-14-30-25/h1-16H,(H2,32,35,36). The Morgan fingerprint density at radius 1 is 0.583 bits per heavy atom. The fourth-order valence-corrected chi connectivity index (χ4v) is 4.92. The Bertz CT molecular complexity index is 1980. The predicted molar refractivity (Wildman–Crippen MR) is 151 cm³/mol. The number of thiocarbonyl (C=S) groups is 1. The first-order valence-electron chi connectivity index (χ1n) is 11.5. The molecule has 0 atom stereocenters. The molecule has 36 heavy (non-hydrogen) atoms. The molecule has 0 fully saturated rings. The number of pyridine rings is 2. The van der Waals surface area contributed by atoms with Crippen molar-refractivity contribution in [3.8, 4) is 0 Å². The summed E-state index contributed by atoms with van der Waals surface area (Å²) in [7, 11) is 0. The molecule has 0 radical (unpaired) electrons. The van der Waals surface area contributed by atoms with Crippen molar-refractivity contribution in [2.24, 2.45) is 0 Å². The third kappa shape index (κ3) is 3.37. The van der Waals surface area contributed by atoms with Crippen LogP contribution in [0.25, 0.3) is 54.6 Å². The van der Waals surface area contributed by atoms with Gasteiger partial charge in [0.25, 0.3) is 0 Å². The minimum atomic E-state index is 0.506. The van der Waals surface area contributed by atoms with E-state index < -0.39 is 0 Å². The maximum atomic E-state index is 5.62. The third-order valence-corrected chi connectivity index (χ3v) is 6.51. The molecule has 0 saturated heterocycles. The van der Waals surface area contributed by atoms with Gasteiger partial charge in [0, 0.05) is 39.9 Å². The van der Waals surface area contributed by atoms with Crippen molar-refractivity contribution >= 4 is 83.4 Å². The lowest BCUT2D eigenvalue weighted by molar-refractivity contribution is 1.36. The van der Waals surface area contributed by atoms with Crippen LogP contribution in [0.2, 0.25) is 0 Å². The second-order valence-electron chi connectivity index (χ2n) is 8.53. The predicted octanol–water partition coefficient (Wildman–Crippen LogP) is 6.84. The number of nitrogens with one attached hydrogen (secondary N) is 2. The zero-order valence-corrected chi connectivity index (χ0v) is 19.8. The topological polar surface area (TPSA) is 75.6 Å². The summed E-state index contributed by atoms with van der Waals surface area (Å²) in [5, 5.41) is 11.3. The molecule has 0 spiro atoms. The van der Waals surface area contributed by atoms with E-state index in [1.54, 1.807) is 12.4 Å². The summed E-state index contributed by atoms with van der Waals surface area (Å²) in [5.41, 5.74) is 6.64. The average Bonchev–Trinajstić information content (AvgIpc) is 2.92. The molecule has 6 nitrogen and oxygen atoms in total. The number of nitrogens with zero attached hydrogens (tertiary/aromatic N) is 4. The minimum Gasteiger partial charge on any atom is -0.332 e. The summed E-state index contributed by atoms with van der Waals surface area (Å²) < 4.78 is 0. The molecular weight excluding hydrogens is 464 g/mol. The Morgan fingerprint density at radius 3 is 2.03 bits per heavy atom. The highest BCUT2D eigenvalue weighted by Crippen LogP contribution is 2.32. The van der Waals surface area contributed by atoms with Gasteiger partial charge in [0.1, 0.15) is 0 Å². The zero-order valence-electron chi connectivity index (χ0n) is 18.9. The summed E-state index contributed by atoms with van der Waals surface area (Å²) in [6.07, 6.45) is 3.56. The molecule has 0 aliphatic carbocycles. The van der Waals surface area contributed by atoms with E-state index in [1.165, 1.54) is 0 Å². The molecule has 170 valence electrons. The van der Waals surface area contributed by atoms with Crippen molar-refractivity contribution in [2.75, 3.05) is 10.6 Å². The van der Waals surface area contributed by atoms with Crippen LogP contribution in [0.3, 0.4) is 0 Å². The number of hydrogen-bond donors (Lipinski definition) is 2. The van der Waals surface area contributed by atoms with E-state index >= 15 is 0 Å². The van der Waals surface area contributed by atoms with E-state index in [9.17, 15) is 0 Å². The van der Waals surface area contributed by atoms with Crippen molar-refractivity contribution in [3.05, 3.63) is 97.3 Å². The Balaban J connectivity index is 1.29. The van der Waals surface area contributed by atoms with E-state index in [2.05, 4.69) is 38.8 Å². The van der Waals surface area contributed by atoms with Gasteiger partial charge in [-0.15, -0.1) is 0 Å². The monoisotopic (exact) mass is 482 g/mol. The number of anilines is 2. The molecule has 7 heteroatoms. The van der Waals surface area contributed by atoms with E-state index in [-0.39, 0.29) is 0 Å². The van der Waals surface area contributed by atoms with Crippen molar-refractivity contribution in [1.82, 2.24) is 19.9 Å². The van der Waals surface area contributed by atoms with Gasteiger partial charge < -0.3 is 10.6 Å². The molecular formula is C29H18N6S. The second-order valence-corrected chi connectivity index (χ2v) is 8.94. The van der Waals surface area contributed by atoms with Gasteiger partial charge in [0.15, 0.2) is 5.11 Å². The third-order valence-electron chi connectivity index (χ3n) is 6.31. The van der Waals surface area contributed by atoms with Crippen LogP contribution < -0.4 is 10.6 Å². The maximum absolute atomic E-state index is 5.62. The van der Waals surface area contributed by atoms with Crippen molar-refractivity contribution < 1.29 is 0 Å². The lowest BCUT2D eigenvalue weighted by Gasteiger charge is -2.13. The first-order valence-corrected chi connectivity index (χ1v) is 11.9. The molecule has 0 saturated carbocycles. The molecule has 0 aliphatic rings. The van der Waals surface area contributed by atoms with Gasteiger partial charge in [-0.25, -0.2) is 9.97 Å². The summed E-state index contributed by atoms with van der Waals surface area (Å²) >= 11 is 5.62. The second kappa shape index (κ2) is 8.18. The molecule has 7 rings (SSSR count). The molecule has 4 aromatic carbocycles. The fraction of sp³-hybridized carbons (Fsp3) is 0. The Morgan fingerprint density at radius 2 is 1.25 bits per heavy atom. The van der Waals surface area contributed by atoms with E-state index in [4.69, 9.17) is 22.2 Å². The molecule has 7 aromatic rings. The average molecular weight is 483 g/mol. The van der Waals surface area contributed by atoms with Crippen LogP contribution in [0.1, 0.15) is 0 Å². The quantitative estimate of drug-likeness (QED) is 0.159.